The molecule has 2 amide bonds. The van der Waals surface area contributed by atoms with Gasteiger partial charge in [0.1, 0.15) is 11.6 Å². The summed E-state index contributed by atoms with van der Waals surface area (Å²) in [5.41, 5.74) is 3.63. The lowest BCUT2D eigenvalue weighted by Crippen LogP contribution is -2.41. The molecule has 2 aromatic carbocycles. The van der Waals surface area contributed by atoms with E-state index in [1.807, 2.05) is 12.1 Å². The van der Waals surface area contributed by atoms with E-state index < -0.39 is 17.7 Å². The minimum Gasteiger partial charge on any atom is -0.371 e. The van der Waals surface area contributed by atoms with Gasteiger partial charge in [0.2, 0.25) is 0 Å². The third kappa shape index (κ3) is 3.04. The molecule has 0 bridgehead atoms. The number of urea groups is 1. The number of rotatable bonds is 2. The topological polar surface area (TPSA) is 44.4 Å². The third-order valence-electron chi connectivity index (χ3n) is 4.89. The maximum Gasteiger partial charge on any atom is 0.319 e. The Bertz CT molecular complexity index is 824. The Morgan fingerprint density at radius 1 is 1.16 bits per heavy atom. The van der Waals surface area contributed by atoms with E-state index in [1.165, 1.54) is 17.3 Å². The zero-order chi connectivity index (χ0) is 17.4. The second-order valence-corrected chi connectivity index (χ2v) is 6.51. The molecule has 0 spiro atoms. The van der Waals surface area contributed by atoms with Crippen molar-refractivity contribution in [1.82, 2.24) is 5.32 Å². The van der Waals surface area contributed by atoms with Crippen LogP contribution in [0, 0.1) is 11.6 Å². The Kier molecular flexibility index (Phi) is 4.03. The van der Waals surface area contributed by atoms with Gasteiger partial charge in [-0.05, 0) is 42.5 Å². The van der Waals surface area contributed by atoms with Crippen molar-refractivity contribution in [1.29, 1.82) is 0 Å². The maximum atomic E-state index is 13.7. The Labute approximate surface area is 144 Å². The van der Waals surface area contributed by atoms with E-state index in [1.54, 1.807) is 0 Å². The summed E-state index contributed by atoms with van der Waals surface area (Å²) in [6, 6.07) is 8.69. The number of hydrogen-bond donors (Lipinski definition) is 2. The molecule has 0 saturated heterocycles. The van der Waals surface area contributed by atoms with E-state index in [9.17, 15) is 13.6 Å². The summed E-state index contributed by atoms with van der Waals surface area (Å²) in [5, 5.41) is 5.39. The molecular weight excluding hydrogens is 324 g/mol. The van der Waals surface area contributed by atoms with Gasteiger partial charge in [0.25, 0.3) is 0 Å². The van der Waals surface area contributed by atoms with E-state index in [4.69, 9.17) is 0 Å². The van der Waals surface area contributed by atoms with Crippen LogP contribution < -0.4 is 15.5 Å². The van der Waals surface area contributed by atoms with E-state index in [0.717, 1.165) is 50.0 Å². The van der Waals surface area contributed by atoms with Gasteiger partial charge in [-0.1, -0.05) is 18.2 Å². The average molecular weight is 343 g/mol. The molecule has 4 rings (SSSR count). The Morgan fingerprint density at radius 3 is 2.88 bits per heavy atom. The number of aryl methyl sites for hydroxylation is 1. The minimum absolute atomic E-state index is 0.0357. The number of hydrogen-bond acceptors (Lipinski definition) is 2. The molecule has 0 aromatic heterocycles. The fourth-order valence-electron chi connectivity index (χ4n) is 3.77. The fraction of sp³-hybridized carbons (Fsp3) is 0.316. The molecule has 4 nitrogen and oxygen atoms in total. The highest BCUT2D eigenvalue weighted by Crippen LogP contribution is 2.39. The molecule has 130 valence electrons. The quantitative estimate of drug-likeness (QED) is 0.866. The van der Waals surface area contributed by atoms with Crippen molar-refractivity contribution in [2.24, 2.45) is 0 Å². The van der Waals surface area contributed by atoms with Gasteiger partial charge in [-0.3, -0.25) is 0 Å². The first-order chi connectivity index (χ1) is 12.1. The molecule has 0 fully saturated rings. The summed E-state index contributed by atoms with van der Waals surface area (Å²) in [6.45, 7) is 1.93. The summed E-state index contributed by atoms with van der Waals surface area (Å²) in [7, 11) is 0. The molecule has 2 aliphatic heterocycles. The molecule has 2 aromatic rings. The van der Waals surface area contributed by atoms with Crippen LogP contribution in [0.5, 0.6) is 0 Å². The Morgan fingerprint density at radius 2 is 2.04 bits per heavy atom. The third-order valence-corrected chi connectivity index (χ3v) is 4.89. The number of carbonyl (C=O) groups is 1. The molecule has 2 heterocycles. The smallest absolute Gasteiger partial charge is 0.319 e. The molecule has 6 heteroatoms. The molecule has 2 aliphatic rings. The molecule has 0 saturated carbocycles. The number of carbonyl (C=O) groups excluding carboxylic acids is 1. The van der Waals surface area contributed by atoms with Crippen LogP contribution in [-0.2, 0) is 6.42 Å². The molecule has 0 unspecified atom stereocenters. The minimum atomic E-state index is -0.790. The standard InChI is InChI=1S/C19H19F2N3O/c20-13-6-7-17(15(21)11-13)23-19(25)22-16-8-10-24-9-2-4-12-3-1-5-14(16)18(12)24/h1,3,5-7,11,16H,2,4,8-10H2,(H2,22,23,25)/t16-/m1/s1. The summed E-state index contributed by atoms with van der Waals surface area (Å²) in [6.07, 6.45) is 3.01. The highest BCUT2D eigenvalue weighted by Gasteiger charge is 2.30. The molecular formula is C19H19F2N3O. The van der Waals surface area contributed by atoms with Crippen molar-refractivity contribution < 1.29 is 13.6 Å². The van der Waals surface area contributed by atoms with E-state index >= 15 is 0 Å². The zero-order valence-corrected chi connectivity index (χ0v) is 13.7. The number of anilines is 2. The fourth-order valence-corrected chi connectivity index (χ4v) is 3.77. The number of nitrogens with one attached hydrogen (secondary N) is 2. The number of nitrogens with zero attached hydrogens (tertiary/aromatic N) is 1. The number of benzene rings is 2. The molecule has 25 heavy (non-hydrogen) atoms. The largest absolute Gasteiger partial charge is 0.371 e. The lowest BCUT2D eigenvalue weighted by atomic mass is 9.89. The van der Waals surface area contributed by atoms with Crippen LogP contribution in [0.3, 0.4) is 0 Å². The van der Waals surface area contributed by atoms with Crippen LogP contribution in [0.2, 0.25) is 0 Å². The lowest BCUT2D eigenvalue weighted by molar-refractivity contribution is 0.247. The van der Waals surface area contributed by atoms with E-state index in [-0.39, 0.29) is 11.7 Å². The average Bonchev–Trinajstić information content (AvgIpc) is 2.60. The second-order valence-electron chi connectivity index (χ2n) is 6.51. The number of halogens is 2. The van der Waals surface area contributed by atoms with Crippen LogP contribution in [0.4, 0.5) is 25.0 Å². The first-order valence-corrected chi connectivity index (χ1v) is 8.51. The van der Waals surface area contributed by atoms with Crippen molar-refractivity contribution >= 4 is 17.4 Å². The van der Waals surface area contributed by atoms with Gasteiger partial charge in [-0.25, -0.2) is 13.6 Å². The van der Waals surface area contributed by atoms with Gasteiger partial charge in [0.05, 0.1) is 11.7 Å². The maximum absolute atomic E-state index is 13.7. The first kappa shape index (κ1) is 15.9. The van der Waals surface area contributed by atoms with Crippen molar-refractivity contribution in [2.75, 3.05) is 23.3 Å². The van der Waals surface area contributed by atoms with Crippen LogP contribution in [0.25, 0.3) is 0 Å². The van der Waals surface area contributed by atoms with Gasteiger partial charge in [-0.2, -0.15) is 0 Å². The van der Waals surface area contributed by atoms with Crippen molar-refractivity contribution in [3.05, 3.63) is 59.2 Å². The monoisotopic (exact) mass is 343 g/mol. The summed E-state index contributed by atoms with van der Waals surface area (Å²) in [4.78, 5) is 14.7. The highest BCUT2D eigenvalue weighted by molar-refractivity contribution is 5.90. The van der Waals surface area contributed by atoms with Gasteiger partial charge in [0, 0.05) is 24.8 Å². The van der Waals surface area contributed by atoms with Gasteiger partial charge < -0.3 is 15.5 Å². The molecule has 0 radical (unpaired) electrons. The normalized spacial score (nSPS) is 18.5. The van der Waals surface area contributed by atoms with Crippen molar-refractivity contribution in [3.8, 4) is 0 Å². The highest BCUT2D eigenvalue weighted by atomic mass is 19.1. The lowest BCUT2D eigenvalue weighted by Gasteiger charge is -2.40. The predicted molar refractivity (Wildman–Crippen MR) is 92.8 cm³/mol. The van der Waals surface area contributed by atoms with E-state index in [2.05, 4.69) is 21.6 Å². The SMILES string of the molecule is O=C(Nc1ccc(F)cc1F)N[C@@H]1CCN2CCCc3cccc1c32. The van der Waals surface area contributed by atoms with E-state index in [0.29, 0.717) is 0 Å². The van der Waals surface area contributed by atoms with Gasteiger partial charge in [0.15, 0.2) is 0 Å². The van der Waals surface area contributed by atoms with Crippen LogP contribution in [-0.4, -0.2) is 19.1 Å². The van der Waals surface area contributed by atoms with Crippen LogP contribution in [0.15, 0.2) is 36.4 Å². The van der Waals surface area contributed by atoms with Crippen LogP contribution in [0.1, 0.15) is 30.0 Å². The summed E-state index contributed by atoms with van der Waals surface area (Å²) >= 11 is 0. The van der Waals surface area contributed by atoms with Crippen molar-refractivity contribution in [2.45, 2.75) is 25.3 Å². The Hall–Kier alpha value is -2.63. The summed E-state index contributed by atoms with van der Waals surface area (Å²) < 4.78 is 26.7. The van der Waals surface area contributed by atoms with Crippen LogP contribution >= 0.6 is 0 Å². The molecule has 2 N–H and O–H groups in total. The Balaban J connectivity index is 1.52. The first-order valence-electron chi connectivity index (χ1n) is 8.51. The summed E-state index contributed by atoms with van der Waals surface area (Å²) in [5.74, 6) is -1.46. The predicted octanol–water partition coefficient (Wildman–Crippen LogP) is 3.98. The molecule has 1 atom stereocenters. The molecule has 0 aliphatic carbocycles. The van der Waals surface area contributed by atoms with Crippen molar-refractivity contribution in [3.63, 3.8) is 0 Å². The van der Waals surface area contributed by atoms with Gasteiger partial charge in [-0.15, -0.1) is 0 Å². The zero-order valence-electron chi connectivity index (χ0n) is 13.7. The number of para-hydroxylation sites is 1. The number of amides is 2. The van der Waals surface area contributed by atoms with Gasteiger partial charge >= 0.3 is 6.03 Å². The second kappa shape index (κ2) is 6.35.